The van der Waals surface area contributed by atoms with Gasteiger partial charge in [0, 0.05) is 28.3 Å². The first-order chi connectivity index (χ1) is 4.18. The van der Waals surface area contributed by atoms with E-state index in [1.807, 2.05) is 0 Å². The van der Waals surface area contributed by atoms with Gasteiger partial charge in [-0.1, -0.05) is 5.38 Å². The van der Waals surface area contributed by atoms with Crippen LogP contribution in [0.2, 0.25) is 0 Å². The van der Waals surface area contributed by atoms with Gasteiger partial charge in [0.15, 0.2) is 0 Å². The standard InChI is InChI=1S/C6H10Cl3.Fe/c1-5(8)6(9)3-2-4-7;/h5-6H,1-4H2;/q-1;. The molecular formula is C6H10Cl3Fe-. The Hall–Kier alpha value is 1.39. The number of hydrogen-bond donors (Lipinski definition) is 0. The Morgan fingerprint density at radius 2 is 1.80 bits per heavy atom. The summed E-state index contributed by atoms with van der Waals surface area (Å²) in [6.07, 6.45) is 1.76. The molecule has 0 aromatic carbocycles. The maximum Gasteiger partial charge on any atom is 0.0223 e. The molecule has 0 heterocycles. The summed E-state index contributed by atoms with van der Waals surface area (Å²) in [5, 5.41) is -0.236. The van der Waals surface area contributed by atoms with Crippen LogP contribution in [0.25, 0.3) is 0 Å². The van der Waals surface area contributed by atoms with Crippen molar-refractivity contribution in [3.05, 3.63) is 6.92 Å². The van der Waals surface area contributed by atoms with Crippen LogP contribution in [0.4, 0.5) is 0 Å². The number of hydrogen-bond acceptors (Lipinski definition) is 0. The maximum absolute atomic E-state index is 5.74. The first-order valence-electron chi connectivity index (χ1n) is 2.85. The molecule has 4 heteroatoms. The molecular weight excluding hydrogens is 234 g/mol. The molecule has 0 nitrogen and oxygen atoms in total. The molecule has 0 rings (SSSR count). The van der Waals surface area contributed by atoms with Gasteiger partial charge in [-0.05, 0) is 12.8 Å². The minimum atomic E-state index is -0.199. The van der Waals surface area contributed by atoms with Crippen molar-refractivity contribution in [1.82, 2.24) is 0 Å². The average molecular weight is 244 g/mol. The minimum absolute atomic E-state index is 0. The predicted octanol–water partition coefficient (Wildman–Crippen LogP) is 3.05. The van der Waals surface area contributed by atoms with Gasteiger partial charge in [0.1, 0.15) is 0 Å². The minimum Gasteiger partial charge on any atom is -0.324 e. The molecule has 10 heavy (non-hydrogen) atoms. The third-order valence-corrected chi connectivity index (χ3v) is 2.23. The molecule has 0 spiro atoms. The number of halogens is 3. The second kappa shape index (κ2) is 8.49. The van der Waals surface area contributed by atoms with Crippen LogP contribution in [0.3, 0.4) is 0 Å². The third kappa shape index (κ3) is 7.50. The zero-order chi connectivity index (χ0) is 7.28. The van der Waals surface area contributed by atoms with Crippen LogP contribution in [0.15, 0.2) is 0 Å². The van der Waals surface area contributed by atoms with Gasteiger partial charge in [-0.3, -0.25) is 0 Å². The largest absolute Gasteiger partial charge is 0.324 e. The Bertz CT molecular complexity index is 68.0. The van der Waals surface area contributed by atoms with Gasteiger partial charge >= 0.3 is 0 Å². The molecule has 2 atom stereocenters. The van der Waals surface area contributed by atoms with E-state index in [0.29, 0.717) is 5.88 Å². The van der Waals surface area contributed by atoms with Gasteiger partial charge in [-0.25, -0.2) is 0 Å². The van der Waals surface area contributed by atoms with Crippen LogP contribution in [0.5, 0.6) is 0 Å². The van der Waals surface area contributed by atoms with E-state index in [1.165, 1.54) is 0 Å². The summed E-state index contributed by atoms with van der Waals surface area (Å²) in [5.74, 6) is 0.646. The van der Waals surface area contributed by atoms with Crippen molar-refractivity contribution in [2.24, 2.45) is 0 Å². The number of alkyl halides is 3. The van der Waals surface area contributed by atoms with Crippen LogP contribution < -0.4 is 0 Å². The molecule has 0 saturated carbocycles. The van der Waals surface area contributed by atoms with Crippen molar-refractivity contribution in [1.29, 1.82) is 0 Å². The molecule has 0 aromatic rings. The van der Waals surface area contributed by atoms with Crippen molar-refractivity contribution in [2.45, 2.75) is 23.6 Å². The molecule has 0 radical (unpaired) electrons. The van der Waals surface area contributed by atoms with E-state index < -0.39 is 0 Å². The summed E-state index contributed by atoms with van der Waals surface area (Å²) < 4.78 is 0. The predicted molar refractivity (Wildman–Crippen MR) is 44.6 cm³/mol. The van der Waals surface area contributed by atoms with Gasteiger partial charge in [0.2, 0.25) is 0 Å². The van der Waals surface area contributed by atoms with Gasteiger partial charge in [-0.2, -0.15) is 11.6 Å². The van der Waals surface area contributed by atoms with Gasteiger partial charge < -0.3 is 6.92 Å². The molecule has 0 amide bonds. The van der Waals surface area contributed by atoms with E-state index in [2.05, 4.69) is 6.92 Å². The smallest absolute Gasteiger partial charge is 0.0223 e. The van der Waals surface area contributed by atoms with E-state index in [0.717, 1.165) is 12.8 Å². The quantitative estimate of drug-likeness (QED) is 0.405. The fourth-order valence-corrected chi connectivity index (χ4v) is 0.888. The van der Waals surface area contributed by atoms with E-state index in [-0.39, 0.29) is 27.8 Å². The molecule has 64 valence electrons. The average Bonchev–Trinajstić information content (AvgIpc) is 1.82. The molecule has 2 unspecified atom stereocenters. The molecule has 0 aromatic heterocycles. The van der Waals surface area contributed by atoms with Crippen LogP contribution in [-0.2, 0) is 17.1 Å². The Balaban J connectivity index is 0. The summed E-state index contributed by atoms with van der Waals surface area (Å²) in [7, 11) is 0. The van der Waals surface area contributed by atoms with E-state index in [1.54, 1.807) is 0 Å². The Morgan fingerprint density at radius 1 is 1.30 bits per heavy atom. The monoisotopic (exact) mass is 243 g/mol. The normalized spacial score (nSPS) is 15.6. The van der Waals surface area contributed by atoms with Gasteiger partial charge in [0.05, 0.1) is 0 Å². The molecule has 0 aliphatic heterocycles. The molecule has 0 N–H and O–H groups in total. The topological polar surface area (TPSA) is 0 Å². The first-order valence-corrected chi connectivity index (χ1v) is 4.26. The van der Waals surface area contributed by atoms with Crippen LogP contribution in [-0.4, -0.2) is 16.6 Å². The van der Waals surface area contributed by atoms with Crippen molar-refractivity contribution in [2.75, 3.05) is 5.88 Å². The first kappa shape index (κ1) is 13.9. The summed E-state index contributed by atoms with van der Waals surface area (Å²) >= 11 is 16.7. The Labute approximate surface area is 88.1 Å². The van der Waals surface area contributed by atoms with E-state index in [4.69, 9.17) is 34.8 Å². The SMILES string of the molecule is [CH2-]C(Cl)C(Cl)CCCCl.[Fe]. The fourth-order valence-electron chi connectivity index (χ4n) is 0.453. The zero-order valence-corrected chi connectivity index (χ0v) is 8.84. The summed E-state index contributed by atoms with van der Waals surface area (Å²) in [5.41, 5.74) is 0. The van der Waals surface area contributed by atoms with Crippen molar-refractivity contribution in [3.8, 4) is 0 Å². The second-order valence-electron chi connectivity index (χ2n) is 1.86. The van der Waals surface area contributed by atoms with Crippen LogP contribution in [0.1, 0.15) is 12.8 Å². The van der Waals surface area contributed by atoms with Gasteiger partial charge in [-0.15, -0.1) is 23.2 Å². The van der Waals surface area contributed by atoms with Crippen molar-refractivity contribution >= 4 is 34.8 Å². The number of rotatable bonds is 4. The van der Waals surface area contributed by atoms with Crippen molar-refractivity contribution < 1.29 is 17.1 Å². The van der Waals surface area contributed by atoms with E-state index in [9.17, 15) is 0 Å². The van der Waals surface area contributed by atoms with Crippen molar-refractivity contribution in [3.63, 3.8) is 0 Å². The summed E-state index contributed by atoms with van der Waals surface area (Å²) in [6, 6.07) is 0. The third-order valence-electron chi connectivity index (χ3n) is 1.01. The molecule has 0 bridgehead atoms. The fraction of sp³-hybridized carbons (Fsp3) is 0.833. The molecule has 0 aliphatic rings. The molecule has 0 fully saturated rings. The van der Waals surface area contributed by atoms with E-state index >= 15 is 0 Å². The van der Waals surface area contributed by atoms with Crippen LogP contribution in [0, 0.1) is 6.92 Å². The summed E-state index contributed by atoms with van der Waals surface area (Å²) in [6.45, 7) is 3.58. The second-order valence-corrected chi connectivity index (χ2v) is 3.36. The Kier molecular flexibility index (Phi) is 11.8. The maximum atomic E-state index is 5.74. The summed E-state index contributed by atoms with van der Waals surface area (Å²) in [4.78, 5) is 0. The Morgan fingerprint density at radius 3 is 2.10 bits per heavy atom. The van der Waals surface area contributed by atoms with Gasteiger partial charge in [0.25, 0.3) is 0 Å². The molecule has 0 aliphatic carbocycles. The molecule has 0 saturated heterocycles. The zero-order valence-electron chi connectivity index (χ0n) is 5.47. The van der Waals surface area contributed by atoms with Crippen LogP contribution >= 0.6 is 34.8 Å².